The minimum atomic E-state index is 0.722. The van der Waals surface area contributed by atoms with Gasteiger partial charge in [-0.05, 0) is 72.8 Å². The predicted octanol–water partition coefficient (Wildman–Crippen LogP) is 11.7. The molecule has 6 heterocycles. The minimum absolute atomic E-state index is 0.722. The van der Waals surface area contributed by atoms with E-state index in [1.54, 1.807) is 6.20 Å². The Morgan fingerprint density at radius 2 is 0.788 bits per heavy atom. The Hall–Kier alpha value is -7.18. The molecule has 0 spiro atoms. The Balaban J connectivity index is 1.08. The van der Waals surface area contributed by atoms with Gasteiger partial charge in [0.15, 0.2) is 11.2 Å². The fourth-order valence-electron chi connectivity index (χ4n) is 8.54. The summed E-state index contributed by atoms with van der Waals surface area (Å²) in [7, 11) is 0. The molecule has 0 bridgehead atoms. The molecule has 6 heteroatoms. The summed E-state index contributed by atoms with van der Waals surface area (Å²) in [6.07, 6.45) is 3.70. The van der Waals surface area contributed by atoms with E-state index in [0.29, 0.717) is 0 Å². The van der Waals surface area contributed by atoms with Gasteiger partial charge in [-0.2, -0.15) is 0 Å². The number of pyridine rings is 2. The number of hydrogen-bond acceptors (Lipinski definition) is 3. The van der Waals surface area contributed by atoms with Gasteiger partial charge in [-0.3, -0.25) is 4.98 Å². The van der Waals surface area contributed by atoms with Crippen molar-refractivity contribution in [3.05, 3.63) is 164 Å². The lowest BCUT2D eigenvalue weighted by atomic mass is 10.1. The number of aromatic nitrogens is 5. The monoisotopic (exact) mass is 665 g/mol. The Morgan fingerprint density at radius 3 is 1.33 bits per heavy atom. The summed E-state index contributed by atoms with van der Waals surface area (Å²) in [6, 6.07) is 54.3. The highest BCUT2D eigenvalue weighted by atomic mass is 16.3. The van der Waals surface area contributed by atoms with Gasteiger partial charge in [-0.1, -0.05) is 72.8 Å². The van der Waals surface area contributed by atoms with Crippen LogP contribution in [0.4, 0.5) is 0 Å². The first-order valence-electron chi connectivity index (χ1n) is 17.5. The average molecular weight is 666 g/mol. The molecule has 0 N–H and O–H groups in total. The van der Waals surface area contributed by atoms with Crippen molar-refractivity contribution >= 4 is 87.6 Å². The maximum absolute atomic E-state index is 6.20. The molecule has 242 valence electrons. The molecule has 0 saturated heterocycles. The highest BCUT2D eigenvalue weighted by Crippen LogP contribution is 2.39. The van der Waals surface area contributed by atoms with E-state index < -0.39 is 0 Å². The summed E-state index contributed by atoms with van der Waals surface area (Å²) in [5.41, 5.74) is 13.2. The third-order valence-electron chi connectivity index (χ3n) is 10.7. The van der Waals surface area contributed by atoms with Crippen molar-refractivity contribution in [3.8, 4) is 17.1 Å². The molecule has 0 fully saturated rings. The van der Waals surface area contributed by atoms with Crippen LogP contribution in [0.15, 0.2) is 168 Å². The SMILES string of the molecule is c1cnc2c(c1)oc1cc(-n3c4ccccc4c4cc(-n5c6ccccc6c6cc(-n7c8ccccc8c8ccccc87)ccc65)ccc43)cnc12. The molecule has 12 aromatic rings. The molecule has 6 aromatic carbocycles. The second-order valence-corrected chi connectivity index (χ2v) is 13.5. The van der Waals surface area contributed by atoms with E-state index in [1.807, 2.05) is 18.3 Å². The van der Waals surface area contributed by atoms with E-state index in [1.165, 1.54) is 54.4 Å². The third kappa shape index (κ3) is 3.67. The zero-order valence-corrected chi connectivity index (χ0v) is 27.7. The van der Waals surface area contributed by atoms with Crippen LogP contribution in [0, 0.1) is 0 Å². The minimum Gasteiger partial charge on any atom is -0.453 e. The average Bonchev–Trinajstić information content (AvgIpc) is 3.93. The van der Waals surface area contributed by atoms with Crippen LogP contribution in [0.3, 0.4) is 0 Å². The summed E-state index contributed by atoms with van der Waals surface area (Å²) in [4.78, 5) is 9.36. The highest BCUT2D eigenvalue weighted by molar-refractivity contribution is 6.14. The van der Waals surface area contributed by atoms with Crippen molar-refractivity contribution in [2.24, 2.45) is 0 Å². The molecule has 0 amide bonds. The highest BCUT2D eigenvalue weighted by Gasteiger charge is 2.19. The Kier molecular flexibility index (Phi) is 5.41. The Labute approximate surface area is 296 Å². The van der Waals surface area contributed by atoms with Gasteiger partial charge in [0.1, 0.15) is 11.0 Å². The van der Waals surface area contributed by atoms with Crippen LogP contribution in [0.2, 0.25) is 0 Å². The molecule has 0 aliphatic carbocycles. The summed E-state index contributed by atoms with van der Waals surface area (Å²) in [5, 5.41) is 7.32. The number of rotatable bonds is 3. The second kappa shape index (κ2) is 10.2. The zero-order chi connectivity index (χ0) is 33.9. The van der Waals surface area contributed by atoms with Crippen molar-refractivity contribution in [1.82, 2.24) is 23.7 Å². The second-order valence-electron chi connectivity index (χ2n) is 13.5. The normalized spacial score (nSPS) is 12.2. The molecule has 0 saturated carbocycles. The van der Waals surface area contributed by atoms with Crippen molar-refractivity contribution < 1.29 is 4.42 Å². The van der Waals surface area contributed by atoms with E-state index in [-0.39, 0.29) is 0 Å². The van der Waals surface area contributed by atoms with Crippen molar-refractivity contribution in [3.63, 3.8) is 0 Å². The van der Waals surface area contributed by atoms with Crippen LogP contribution in [0.1, 0.15) is 0 Å². The van der Waals surface area contributed by atoms with Crippen molar-refractivity contribution in [1.29, 1.82) is 0 Å². The van der Waals surface area contributed by atoms with Gasteiger partial charge >= 0.3 is 0 Å². The number of furan rings is 1. The molecular weight excluding hydrogens is 639 g/mol. The molecule has 52 heavy (non-hydrogen) atoms. The van der Waals surface area contributed by atoms with Crippen LogP contribution in [0.5, 0.6) is 0 Å². The first-order chi connectivity index (χ1) is 25.8. The number of hydrogen-bond donors (Lipinski definition) is 0. The molecule has 0 aliphatic heterocycles. The smallest absolute Gasteiger partial charge is 0.157 e. The molecule has 6 nitrogen and oxygen atoms in total. The fourth-order valence-corrected chi connectivity index (χ4v) is 8.54. The lowest BCUT2D eigenvalue weighted by molar-refractivity contribution is 0.667. The number of benzene rings is 6. The summed E-state index contributed by atoms with van der Waals surface area (Å²) < 4.78 is 13.3. The first kappa shape index (κ1) is 27.6. The van der Waals surface area contributed by atoms with E-state index in [0.717, 1.165) is 50.3 Å². The zero-order valence-electron chi connectivity index (χ0n) is 27.7. The van der Waals surface area contributed by atoms with Gasteiger partial charge < -0.3 is 18.1 Å². The maximum atomic E-state index is 6.20. The van der Waals surface area contributed by atoms with Crippen LogP contribution in [0.25, 0.3) is 105 Å². The predicted molar refractivity (Wildman–Crippen MR) is 212 cm³/mol. The van der Waals surface area contributed by atoms with Gasteiger partial charge in [-0.15, -0.1) is 0 Å². The van der Waals surface area contributed by atoms with E-state index in [2.05, 4.69) is 158 Å². The molecule has 12 rings (SSSR count). The number of para-hydroxylation sites is 4. The van der Waals surface area contributed by atoms with Crippen molar-refractivity contribution in [2.45, 2.75) is 0 Å². The van der Waals surface area contributed by atoms with Crippen LogP contribution < -0.4 is 0 Å². The van der Waals surface area contributed by atoms with E-state index >= 15 is 0 Å². The maximum Gasteiger partial charge on any atom is 0.157 e. The quantitative estimate of drug-likeness (QED) is 0.189. The van der Waals surface area contributed by atoms with Gasteiger partial charge in [0.25, 0.3) is 0 Å². The Bertz CT molecular complexity index is 3380. The lowest BCUT2D eigenvalue weighted by Crippen LogP contribution is -1.97. The summed E-state index contributed by atoms with van der Waals surface area (Å²) in [6.45, 7) is 0. The fraction of sp³-hybridized carbons (Fsp3) is 0. The Morgan fingerprint density at radius 1 is 0.346 bits per heavy atom. The van der Waals surface area contributed by atoms with E-state index in [4.69, 9.17) is 9.40 Å². The number of fused-ring (bicyclic) bond motifs is 12. The van der Waals surface area contributed by atoms with Crippen LogP contribution in [-0.4, -0.2) is 23.7 Å². The standard InChI is InChI=1S/C46H27N5O/c1-5-14-37-31(10-1)32-11-2-6-15-38(32)49(37)28-19-21-41-35(24-28)33-12-3-7-16-39(33)50(41)29-20-22-42-36(25-29)34-13-4-8-17-40(34)51(42)30-26-44-46(48-27-30)45-43(52-44)18-9-23-47-45/h1-27H. The molecule has 0 aliphatic rings. The molecule has 6 aromatic heterocycles. The van der Waals surface area contributed by atoms with Gasteiger partial charge in [0.2, 0.25) is 0 Å². The first-order valence-corrected chi connectivity index (χ1v) is 17.5. The topological polar surface area (TPSA) is 53.7 Å². The molecule has 0 radical (unpaired) electrons. The molecule has 0 atom stereocenters. The van der Waals surface area contributed by atoms with Crippen LogP contribution >= 0.6 is 0 Å². The van der Waals surface area contributed by atoms with Crippen molar-refractivity contribution in [2.75, 3.05) is 0 Å². The largest absolute Gasteiger partial charge is 0.453 e. The van der Waals surface area contributed by atoms with Gasteiger partial charge in [0.05, 0.1) is 45.0 Å². The van der Waals surface area contributed by atoms with E-state index in [9.17, 15) is 0 Å². The number of nitrogens with zero attached hydrogens (tertiary/aromatic N) is 5. The summed E-state index contributed by atoms with van der Waals surface area (Å²) >= 11 is 0. The molecular formula is C46H27N5O. The third-order valence-corrected chi connectivity index (χ3v) is 10.7. The van der Waals surface area contributed by atoms with Gasteiger partial charge in [0, 0.05) is 56.0 Å². The van der Waals surface area contributed by atoms with Crippen LogP contribution in [-0.2, 0) is 0 Å². The van der Waals surface area contributed by atoms with Gasteiger partial charge in [-0.25, -0.2) is 4.98 Å². The summed E-state index contributed by atoms with van der Waals surface area (Å²) in [5.74, 6) is 0. The lowest BCUT2D eigenvalue weighted by Gasteiger charge is -2.11. The molecule has 0 unspecified atom stereocenters.